The lowest BCUT2D eigenvalue weighted by molar-refractivity contribution is 0.152. The summed E-state index contributed by atoms with van der Waals surface area (Å²) in [7, 11) is 0. The number of rotatable bonds is 4. The van der Waals surface area contributed by atoms with E-state index in [1.165, 1.54) is 0 Å². The zero-order valence-electron chi connectivity index (χ0n) is 18.8. The summed E-state index contributed by atoms with van der Waals surface area (Å²) >= 11 is 17.8. The Morgan fingerprint density at radius 2 is 1.97 bits per heavy atom. The number of piperidine rings is 1. The fourth-order valence-electron chi connectivity index (χ4n) is 4.25. The van der Waals surface area contributed by atoms with Gasteiger partial charge in [-0.1, -0.05) is 51.3 Å². The number of benzene rings is 2. The van der Waals surface area contributed by atoms with Crippen LogP contribution in [0.1, 0.15) is 36.1 Å². The number of hydrogen-bond acceptors (Lipinski definition) is 5. The Morgan fingerprint density at radius 1 is 1.14 bits per heavy atom. The van der Waals surface area contributed by atoms with E-state index in [1.807, 2.05) is 35.3 Å². The molecule has 2 aromatic carbocycles. The third-order valence-electron chi connectivity index (χ3n) is 5.95. The minimum Gasteiger partial charge on any atom is -0.388 e. The van der Waals surface area contributed by atoms with E-state index in [0.29, 0.717) is 21.6 Å². The Morgan fingerprint density at radius 3 is 2.77 bits per heavy atom. The summed E-state index contributed by atoms with van der Waals surface area (Å²) in [6.45, 7) is 0.722. The van der Waals surface area contributed by atoms with Crippen LogP contribution < -0.4 is 10.2 Å². The minimum absolute atomic E-state index is 0.311. The van der Waals surface area contributed by atoms with Crippen LogP contribution in [-0.2, 0) is 12.2 Å². The number of nitrogens with zero attached hydrogens (tertiary/aromatic N) is 3. The number of hydrazine groups is 1. The quantitative estimate of drug-likeness (QED) is 0.345. The van der Waals surface area contributed by atoms with E-state index in [9.17, 15) is 4.79 Å². The van der Waals surface area contributed by atoms with Crippen LogP contribution in [0.4, 0.5) is 4.79 Å². The Bertz CT molecular complexity index is 1280. The zero-order valence-corrected chi connectivity index (χ0v) is 22.7. The molecule has 1 aromatic heterocycles. The first-order valence-electron chi connectivity index (χ1n) is 11.3. The molecule has 2 aliphatic heterocycles. The van der Waals surface area contributed by atoms with E-state index in [1.54, 1.807) is 28.6 Å². The number of carbonyl (C=O) groups is 1. The summed E-state index contributed by atoms with van der Waals surface area (Å²) in [5.41, 5.74) is 7.69. The van der Waals surface area contributed by atoms with Gasteiger partial charge in [0.1, 0.15) is 0 Å². The Hall–Kier alpha value is -2.13. The molecule has 1 N–H and O–H groups in total. The Labute approximate surface area is 226 Å². The largest absolute Gasteiger partial charge is 0.432 e. The molecule has 2 aliphatic rings. The summed E-state index contributed by atoms with van der Waals surface area (Å²) < 4.78 is 8.56. The van der Waals surface area contributed by atoms with Crippen LogP contribution in [0.5, 0.6) is 5.88 Å². The van der Waals surface area contributed by atoms with Crippen molar-refractivity contribution in [1.29, 1.82) is 0 Å². The molecule has 1 fully saturated rings. The molecular weight excluding hydrogens is 571 g/mol. The van der Waals surface area contributed by atoms with Crippen molar-refractivity contribution < 1.29 is 9.53 Å². The number of hydrogen-bond donors (Lipinski definition) is 1. The Balaban J connectivity index is 1.36. The van der Waals surface area contributed by atoms with Gasteiger partial charge in [0.15, 0.2) is 0 Å². The number of thioether (sulfide) groups is 1. The van der Waals surface area contributed by atoms with Crippen molar-refractivity contribution >= 4 is 63.1 Å². The molecule has 3 heterocycles. The second-order valence-corrected chi connectivity index (χ2v) is 11.2. The maximum Gasteiger partial charge on any atom is 0.432 e. The highest BCUT2D eigenvalue weighted by Crippen LogP contribution is 2.35. The van der Waals surface area contributed by atoms with E-state index < -0.39 is 6.09 Å². The molecule has 0 bridgehead atoms. The first-order chi connectivity index (χ1) is 17.0. The molecule has 0 aliphatic carbocycles. The van der Waals surface area contributed by atoms with E-state index in [-0.39, 0.29) is 0 Å². The molecule has 3 aromatic rings. The molecule has 10 heteroatoms. The van der Waals surface area contributed by atoms with E-state index in [0.717, 1.165) is 70.7 Å². The molecule has 0 atom stereocenters. The molecular formula is C25H23BrCl2N4O2S. The van der Waals surface area contributed by atoms with Gasteiger partial charge in [0.25, 0.3) is 0 Å². The molecule has 0 unspecified atom stereocenters. The van der Waals surface area contributed by atoms with Crippen molar-refractivity contribution in [2.75, 3.05) is 12.3 Å². The first kappa shape index (κ1) is 24.6. The summed E-state index contributed by atoms with van der Waals surface area (Å²) in [5, 5.41) is 7.56. The molecule has 35 heavy (non-hydrogen) atoms. The van der Waals surface area contributed by atoms with Gasteiger partial charge in [-0.05, 0) is 73.4 Å². The summed E-state index contributed by atoms with van der Waals surface area (Å²) in [4.78, 5) is 13.0. The summed E-state index contributed by atoms with van der Waals surface area (Å²) in [6, 6.07) is 13.4. The standard InChI is InChI=1S/C25H23BrCl2N4O2S/c26-17-6-4-16(5-7-17)13-19-3-1-2-11-31(19)30-25(33)34-24-20-15-35-12-10-22(20)32(29-24)23-9-8-18(27)14-21(23)28/h4-9,13-14H,1-3,10-12,15H2,(H,30,33). The van der Waals surface area contributed by atoms with E-state index in [4.69, 9.17) is 27.9 Å². The van der Waals surface area contributed by atoms with Crippen molar-refractivity contribution in [2.45, 2.75) is 31.4 Å². The van der Waals surface area contributed by atoms with Gasteiger partial charge in [-0.2, -0.15) is 11.8 Å². The van der Waals surface area contributed by atoms with Gasteiger partial charge in [-0.3, -0.25) is 5.01 Å². The maximum atomic E-state index is 13.0. The van der Waals surface area contributed by atoms with Crippen LogP contribution in [0.2, 0.25) is 10.0 Å². The summed E-state index contributed by atoms with van der Waals surface area (Å²) in [5.74, 6) is 2.00. The topological polar surface area (TPSA) is 59.4 Å². The number of ether oxygens (including phenoxy) is 1. The average molecular weight is 594 g/mol. The summed E-state index contributed by atoms with van der Waals surface area (Å²) in [6.07, 6.45) is 5.30. The van der Waals surface area contributed by atoms with Crippen molar-refractivity contribution in [3.8, 4) is 11.6 Å². The molecule has 0 radical (unpaired) electrons. The molecule has 1 saturated heterocycles. The number of nitrogens with one attached hydrogen (secondary N) is 1. The van der Waals surface area contributed by atoms with Gasteiger partial charge >= 0.3 is 6.09 Å². The van der Waals surface area contributed by atoms with Gasteiger partial charge in [0.2, 0.25) is 5.88 Å². The molecule has 5 rings (SSSR count). The number of carbonyl (C=O) groups excluding carboxylic acids is 1. The van der Waals surface area contributed by atoms with Crippen LogP contribution in [0.3, 0.4) is 0 Å². The number of amides is 1. The molecule has 0 spiro atoms. The number of allylic oxidation sites excluding steroid dienone is 1. The smallest absolute Gasteiger partial charge is 0.388 e. The van der Waals surface area contributed by atoms with Crippen LogP contribution in [0, 0.1) is 0 Å². The lowest BCUT2D eigenvalue weighted by atomic mass is 10.1. The molecule has 1 amide bonds. The van der Waals surface area contributed by atoms with Gasteiger partial charge in [-0.15, -0.1) is 5.10 Å². The van der Waals surface area contributed by atoms with Crippen molar-refractivity contribution in [1.82, 2.24) is 20.2 Å². The number of halogens is 3. The van der Waals surface area contributed by atoms with Crippen LogP contribution >= 0.6 is 50.9 Å². The highest BCUT2D eigenvalue weighted by molar-refractivity contribution is 9.10. The second kappa shape index (κ2) is 10.9. The number of fused-ring (bicyclic) bond motifs is 1. The van der Waals surface area contributed by atoms with Gasteiger partial charge < -0.3 is 4.74 Å². The zero-order chi connectivity index (χ0) is 24.4. The van der Waals surface area contributed by atoms with Crippen LogP contribution in [0.15, 0.2) is 52.6 Å². The molecule has 6 nitrogen and oxygen atoms in total. The Kier molecular flexibility index (Phi) is 7.62. The highest BCUT2D eigenvalue weighted by Gasteiger charge is 2.26. The highest BCUT2D eigenvalue weighted by atomic mass is 79.9. The van der Waals surface area contributed by atoms with Gasteiger partial charge in [0.05, 0.1) is 16.4 Å². The predicted octanol–water partition coefficient (Wildman–Crippen LogP) is 7.26. The second-order valence-electron chi connectivity index (χ2n) is 8.34. The van der Waals surface area contributed by atoms with E-state index >= 15 is 0 Å². The third-order valence-corrected chi connectivity index (χ3v) is 8.00. The van der Waals surface area contributed by atoms with Crippen molar-refractivity contribution in [2.24, 2.45) is 0 Å². The average Bonchev–Trinajstić information content (AvgIpc) is 3.20. The number of aromatic nitrogens is 2. The minimum atomic E-state index is -0.557. The predicted molar refractivity (Wildman–Crippen MR) is 145 cm³/mol. The third kappa shape index (κ3) is 5.66. The first-order valence-corrected chi connectivity index (χ1v) is 14.0. The van der Waals surface area contributed by atoms with Crippen LogP contribution in [-0.4, -0.2) is 33.2 Å². The lowest BCUT2D eigenvalue weighted by Gasteiger charge is -2.31. The fraction of sp³-hybridized carbons (Fsp3) is 0.280. The monoisotopic (exact) mass is 592 g/mol. The fourth-order valence-corrected chi connectivity index (χ4v) is 5.98. The van der Waals surface area contributed by atoms with Crippen molar-refractivity contribution in [3.63, 3.8) is 0 Å². The van der Waals surface area contributed by atoms with Gasteiger partial charge in [0, 0.05) is 33.1 Å². The van der Waals surface area contributed by atoms with Crippen molar-refractivity contribution in [3.05, 3.63) is 79.5 Å². The lowest BCUT2D eigenvalue weighted by Crippen LogP contribution is -2.45. The van der Waals surface area contributed by atoms with Crippen LogP contribution in [0.25, 0.3) is 11.8 Å². The molecule has 182 valence electrons. The molecule has 0 saturated carbocycles. The van der Waals surface area contributed by atoms with Gasteiger partial charge in [-0.25, -0.2) is 14.9 Å². The van der Waals surface area contributed by atoms with E-state index in [2.05, 4.69) is 32.5 Å². The SMILES string of the molecule is O=C(NN1CCCCC1=Cc1ccc(Br)cc1)Oc1nn(-c2ccc(Cl)cc2Cl)c2c1CSCC2. The normalized spacial score (nSPS) is 16.8. The maximum absolute atomic E-state index is 13.0.